The topological polar surface area (TPSA) is 22.1 Å². The summed E-state index contributed by atoms with van der Waals surface area (Å²) in [6.45, 7) is -1.22. The van der Waals surface area contributed by atoms with E-state index in [9.17, 15) is 22.0 Å². The Labute approximate surface area is 75.3 Å². The fourth-order valence-corrected chi connectivity index (χ4v) is 0.746. The lowest BCUT2D eigenvalue weighted by Crippen LogP contribution is -2.19. The quantitative estimate of drug-likeness (QED) is 0.704. The zero-order valence-electron chi connectivity index (χ0n) is 6.61. The highest BCUT2D eigenvalue weighted by Crippen LogP contribution is 2.25. The molecule has 0 aliphatic rings. The fourth-order valence-electron chi connectivity index (χ4n) is 0.746. The summed E-state index contributed by atoms with van der Waals surface area (Å²) in [5.41, 5.74) is -0.528. The van der Waals surface area contributed by atoms with Crippen molar-refractivity contribution in [2.75, 3.05) is 0 Å². The minimum absolute atomic E-state index is 0.528. The van der Waals surface area contributed by atoms with Crippen LogP contribution in [-0.4, -0.2) is 11.3 Å². The number of halogens is 5. The lowest BCUT2D eigenvalue weighted by Gasteiger charge is -2.09. The van der Waals surface area contributed by atoms with E-state index in [0.29, 0.717) is 0 Å². The van der Waals surface area contributed by atoms with Crippen LogP contribution >= 0.6 is 0 Å². The van der Waals surface area contributed by atoms with Crippen molar-refractivity contribution in [1.82, 2.24) is 4.98 Å². The molecule has 14 heavy (non-hydrogen) atoms. The number of ether oxygens (including phenoxy) is 1. The van der Waals surface area contributed by atoms with Crippen molar-refractivity contribution in [2.24, 2.45) is 0 Å². The number of nitrogens with zero attached hydrogens (tertiary/aromatic N) is 1. The lowest BCUT2D eigenvalue weighted by atomic mass is 10.3. The number of hydrogen-bond donors (Lipinski definition) is 0. The summed E-state index contributed by atoms with van der Waals surface area (Å²) in [5.74, 6) is -2.71. The van der Waals surface area contributed by atoms with Gasteiger partial charge in [0.25, 0.3) is 5.88 Å². The van der Waals surface area contributed by atoms with E-state index in [1.807, 2.05) is 0 Å². The van der Waals surface area contributed by atoms with E-state index >= 15 is 0 Å². The normalized spacial score (nSPS) is 11.5. The summed E-state index contributed by atoms with van der Waals surface area (Å²) in [5, 5.41) is 0. The highest BCUT2D eigenvalue weighted by Gasteiger charge is 2.33. The van der Waals surface area contributed by atoms with Gasteiger partial charge in [0.15, 0.2) is 5.82 Å². The highest BCUT2D eigenvalue weighted by atomic mass is 19.4. The highest BCUT2D eigenvalue weighted by molar-refractivity contribution is 5.22. The van der Waals surface area contributed by atoms with Gasteiger partial charge >= 0.3 is 6.36 Å². The first-order valence-corrected chi connectivity index (χ1v) is 3.39. The maximum Gasteiger partial charge on any atom is 0.574 e. The molecule has 0 saturated heterocycles. The van der Waals surface area contributed by atoms with E-state index in [1.54, 1.807) is 0 Å². The Balaban J connectivity index is 2.98. The molecule has 0 unspecified atom stereocenters. The Morgan fingerprint density at radius 1 is 1.36 bits per heavy atom. The minimum atomic E-state index is -5.04. The summed E-state index contributed by atoms with van der Waals surface area (Å²) in [4.78, 5) is 2.99. The Morgan fingerprint density at radius 2 is 2.00 bits per heavy atom. The molecule has 0 spiro atoms. The Kier molecular flexibility index (Phi) is 2.87. The average Bonchev–Trinajstić information content (AvgIpc) is 2.06. The first-order valence-electron chi connectivity index (χ1n) is 3.39. The predicted octanol–water partition coefficient (Wildman–Crippen LogP) is 2.59. The smallest absolute Gasteiger partial charge is 0.385 e. The summed E-state index contributed by atoms with van der Waals surface area (Å²) >= 11 is 0. The third-order valence-electron chi connectivity index (χ3n) is 1.29. The fraction of sp³-hybridized carbons (Fsp3) is 0.286. The first kappa shape index (κ1) is 10.7. The van der Waals surface area contributed by atoms with Crippen LogP contribution in [0, 0.1) is 5.82 Å². The molecule has 0 aliphatic heterocycles. The van der Waals surface area contributed by atoms with Crippen LogP contribution in [-0.2, 0) is 6.67 Å². The van der Waals surface area contributed by atoms with Crippen LogP contribution in [0.1, 0.15) is 5.56 Å². The molecule has 0 aliphatic carbocycles. The molecule has 2 nitrogen and oxygen atoms in total. The Bertz CT molecular complexity index is 324. The molecule has 0 N–H and O–H groups in total. The largest absolute Gasteiger partial charge is 0.574 e. The molecule has 78 valence electrons. The van der Waals surface area contributed by atoms with Gasteiger partial charge in [-0.3, -0.25) is 0 Å². The second-order valence-corrected chi connectivity index (χ2v) is 2.27. The number of hydrogen-bond acceptors (Lipinski definition) is 2. The van der Waals surface area contributed by atoms with Crippen molar-refractivity contribution in [1.29, 1.82) is 0 Å². The van der Waals surface area contributed by atoms with Gasteiger partial charge in [0.05, 0.1) is 0 Å². The monoisotopic (exact) mass is 213 g/mol. The van der Waals surface area contributed by atoms with Crippen molar-refractivity contribution < 1.29 is 26.7 Å². The molecular weight excluding hydrogens is 209 g/mol. The van der Waals surface area contributed by atoms with E-state index in [4.69, 9.17) is 0 Å². The zero-order valence-corrected chi connectivity index (χ0v) is 6.61. The minimum Gasteiger partial charge on any atom is -0.385 e. The molecular formula is C7H4F5NO. The zero-order chi connectivity index (χ0) is 10.8. The molecule has 1 heterocycles. The van der Waals surface area contributed by atoms with Crippen molar-refractivity contribution in [3.8, 4) is 5.88 Å². The van der Waals surface area contributed by atoms with Gasteiger partial charge in [-0.15, -0.1) is 13.2 Å². The molecule has 0 bridgehead atoms. The molecule has 0 fully saturated rings. The third kappa shape index (κ3) is 2.54. The molecule has 0 saturated carbocycles. The van der Waals surface area contributed by atoms with Gasteiger partial charge < -0.3 is 4.74 Å². The lowest BCUT2D eigenvalue weighted by molar-refractivity contribution is -0.277. The van der Waals surface area contributed by atoms with Gasteiger partial charge in [-0.1, -0.05) is 0 Å². The summed E-state index contributed by atoms with van der Waals surface area (Å²) < 4.78 is 63.0. The third-order valence-corrected chi connectivity index (χ3v) is 1.29. The molecule has 0 atom stereocenters. The van der Waals surface area contributed by atoms with Gasteiger partial charge in [0, 0.05) is 11.8 Å². The Morgan fingerprint density at radius 3 is 2.50 bits per heavy atom. The average molecular weight is 213 g/mol. The molecule has 0 amide bonds. The van der Waals surface area contributed by atoms with Gasteiger partial charge in [-0.2, -0.15) is 0 Å². The maximum absolute atomic E-state index is 12.9. The molecule has 1 aromatic heterocycles. The van der Waals surface area contributed by atoms with Crippen LogP contribution in [0.3, 0.4) is 0 Å². The summed E-state index contributed by atoms with van der Waals surface area (Å²) in [6, 6.07) is 0.929. The van der Waals surface area contributed by atoms with Gasteiger partial charge in [-0.05, 0) is 6.07 Å². The van der Waals surface area contributed by atoms with Gasteiger partial charge in [-0.25, -0.2) is 13.8 Å². The van der Waals surface area contributed by atoms with Crippen LogP contribution in [0.2, 0.25) is 0 Å². The van der Waals surface area contributed by atoms with Crippen LogP contribution < -0.4 is 4.74 Å². The van der Waals surface area contributed by atoms with Crippen molar-refractivity contribution in [3.05, 3.63) is 23.6 Å². The molecule has 1 aromatic rings. The molecule has 7 heteroatoms. The van der Waals surface area contributed by atoms with E-state index in [-0.39, 0.29) is 0 Å². The number of aromatic nitrogens is 1. The van der Waals surface area contributed by atoms with E-state index in [1.165, 1.54) is 0 Å². The number of pyridine rings is 1. The van der Waals surface area contributed by atoms with E-state index in [2.05, 4.69) is 9.72 Å². The van der Waals surface area contributed by atoms with Crippen molar-refractivity contribution in [3.63, 3.8) is 0 Å². The van der Waals surface area contributed by atoms with Crippen molar-refractivity contribution in [2.45, 2.75) is 13.0 Å². The maximum atomic E-state index is 12.9. The Hall–Kier alpha value is -1.40. The summed E-state index contributed by atoms with van der Waals surface area (Å²) in [7, 11) is 0. The number of alkyl halides is 4. The van der Waals surface area contributed by atoms with Gasteiger partial charge in [0.1, 0.15) is 6.67 Å². The molecule has 0 radical (unpaired) electrons. The first-order chi connectivity index (χ1) is 6.44. The van der Waals surface area contributed by atoms with Crippen LogP contribution in [0.25, 0.3) is 0 Å². The van der Waals surface area contributed by atoms with E-state index in [0.717, 1.165) is 12.3 Å². The predicted molar refractivity (Wildman–Crippen MR) is 35.7 cm³/mol. The van der Waals surface area contributed by atoms with Gasteiger partial charge in [0.2, 0.25) is 0 Å². The second-order valence-electron chi connectivity index (χ2n) is 2.27. The molecule has 0 aromatic carbocycles. The van der Waals surface area contributed by atoms with Crippen LogP contribution in [0.15, 0.2) is 12.3 Å². The van der Waals surface area contributed by atoms with Crippen LogP contribution in [0.5, 0.6) is 5.88 Å². The van der Waals surface area contributed by atoms with Crippen LogP contribution in [0.4, 0.5) is 22.0 Å². The van der Waals surface area contributed by atoms with E-state index < -0.39 is 30.3 Å². The SMILES string of the molecule is FCc1ccnc(OC(F)(F)F)c1F. The second kappa shape index (κ2) is 3.77. The number of rotatable bonds is 2. The summed E-state index contributed by atoms with van der Waals surface area (Å²) in [6.07, 6.45) is -4.21. The van der Waals surface area contributed by atoms with Crippen molar-refractivity contribution >= 4 is 0 Å². The standard InChI is InChI=1S/C7H4F5NO/c8-3-4-1-2-13-6(5(4)9)14-7(10,11)12/h1-2H,3H2. The molecule has 1 rings (SSSR count).